The predicted octanol–water partition coefficient (Wildman–Crippen LogP) is 5.45. The van der Waals surface area contributed by atoms with Crippen LogP contribution in [0.1, 0.15) is 16.1 Å². The van der Waals surface area contributed by atoms with Gasteiger partial charge in [0, 0.05) is 16.5 Å². The highest BCUT2D eigenvalue weighted by molar-refractivity contribution is 6.10. The van der Waals surface area contributed by atoms with Crippen LogP contribution in [-0.2, 0) is 0 Å². The molecule has 3 aromatic carbocycles. The molecule has 0 atom stereocenters. The van der Waals surface area contributed by atoms with Crippen LogP contribution in [-0.4, -0.2) is 39.2 Å². The van der Waals surface area contributed by atoms with E-state index in [4.69, 9.17) is 18.9 Å². The molecule has 0 aliphatic carbocycles. The number of ether oxygens (including phenoxy) is 4. The van der Waals surface area contributed by atoms with E-state index in [1.807, 2.05) is 0 Å². The number of benzene rings is 3. The number of ketones is 1. The van der Waals surface area contributed by atoms with Crippen LogP contribution in [0.4, 0.5) is 8.78 Å². The molecule has 0 fully saturated rings. The van der Waals surface area contributed by atoms with Crippen molar-refractivity contribution in [3.05, 3.63) is 77.5 Å². The monoisotopic (exact) mass is 465 g/mol. The van der Waals surface area contributed by atoms with Gasteiger partial charge in [-0.2, -0.15) is 0 Å². The van der Waals surface area contributed by atoms with Crippen molar-refractivity contribution < 1.29 is 32.5 Å². The number of halogens is 2. The summed E-state index contributed by atoms with van der Waals surface area (Å²) >= 11 is 0. The van der Waals surface area contributed by atoms with Crippen LogP contribution < -0.4 is 18.9 Å². The predicted molar refractivity (Wildman–Crippen MR) is 123 cm³/mol. The molecule has 34 heavy (non-hydrogen) atoms. The summed E-state index contributed by atoms with van der Waals surface area (Å²) in [7, 11) is 5.89. The number of methoxy groups -OCH3 is 4. The fourth-order valence-electron chi connectivity index (χ4n) is 3.79. The van der Waals surface area contributed by atoms with Gasteiger partial charge in [-0.3, -0.25) is 4.79 Å². The minimum atomic E-state index is -0.973. The summed E-state index contributed by atoms with van der Waals surface area (Å²) in [4.78, 5) is 17.8. The second-order valence-electron chi connectivity index (χ2n) is 7.28. The Bertz CT molecular complexity index is 1380. The second kappa shape index (κ2) is 9.35. The molecule has 0 aliphatic rings. The topological polar surface area (TPSA) is 66.9 Å². The zero-order valence-corrected chi connectivity index (χ0v) is 18.9. The zero-order valence-electron chi connectivity index (χ0n) is 18.9. The van der Waals surface area contributed by atoms with Crippen molar-refractivity contribution in [2.24, 2.45) is 0 Å². The number of hydrogen-bond acceptors (Lipinski definition) is 6. The van der Waals surface area contributed by atoms with E-state index in [1.54, 1.807) is 36.4 Å². The number of fused-ring (bicyclic) bond motifs is 1. The number of nitrogens with zero attached hydrogens (tertiary/aromatic N) is 1. The third-order valence-corrected chi connectivity index (χ3v) is 5.42. The molecule has 0 unspecified atom stereocenters. The number of carbonyl (C=O) groups is 1. The number of carbonyl (C=O) groups excluding carboxylic acids is 1. The molecule has 0 saturated heterocycles. The Morgan fingerprint density at radius 3 is 2.00 bits per heavy atom. The summed E-state index contributed by atoms with van der Waals surface area (Å²) in [6, 6.07) is 13.4. The van der Waals surface area contributed by atoms with Gasteiger partial charge in [-0.15, -0.1) is 0 Å². The number of hydrogen-bond donors (Lipinski definition) is 0. The lowest BCUT2D eigenvalue weighted by atomic mass is 9.98. The third-order valence-electron chi connectivity index (χ3n) is 5.42. The van der Waals surface area contributed by atoms with Crippen molar-refractivity contribution >= 4 is 16.7 Å². The summed E-state index contributed by atoms with van der Waals surface area (Å²) in [6.07, 6.45) is 0. The van der Waals surface area contributed by atoms with Gasteiger partial charge in [-0.1, -0.05) is 6.07 Å². The van der Waals surface area contributed by atoms with Gasteiger partial charge in [0.15, 0.2) is 23.1 Å². The first kappa shape index (κ1) is 23.0. The van der Waals surface area contributed by atoms with Gasteiger partial charge in [0.2, 0.25) is 11.5 Å². The van der Waals surface area contributed by atoms with Crippen LogP contribution in [0.15, 0.2) is 54.6 Å². The molecule has 4 rings (SSSR count). The summed E-state index contributed by atoms with van der Waals surface area (Å²) in [5, 5.41) is 0.617. The van der Waals surface area contributed by atoms with Crippen molar-refractivity contribution in [1.82, 2.24) is 4.98 Å². The van der Waals surface area contributed by atoms with Crippen LogP contribution in [0.25, 0.3) is 22.0 Å². The highest BCUT2D eigenvalue weighted by Gasteiger charge is 2.20. The van der Waals surface area contributed by atoms with Gasteiger partial charge in [0.1, 0.15) is 11.4 Å². The van der Waals surface area contributed by atoms with E-state index in [9.17, 15) is 13.6 Å². The Balaban J connectivity index is 1.84. The van der Waals surface area contributed by atoms with Crippen molar-refractivity contribution in [2.45, 2.75) is 0 Å². The van der Waals surface area contributed by atoms with E-state index in [0.29, 0.717) is 50.6 Å². The maximum Gasteiger partial charge on any atom is 0.211 e. The van der Waals surface area contributed by atoms with Gasteiger partial charge in [-0.25, -0.2) is 13.8 Å². The average molecular weight is 465 g/mol. The molecule has 0 aliphatic heterocycles. The minimum absolute atomic E-state index is 0.183. The van der Waals surface area contributed by atoms with Gasteiger partial charge in [-0.05, 0) is 54.1 Å². The summed E-state index contributed by atoms with van der Waals surface area (Å²) in [6.45, 7) is 0. The summed E-state index contributed by atoms with van der Waals surface area (Å²) in [5.74, 6) is -0.752. The Kier molecular flexibility index (Phi) is 6.32. The normalized spacial score (nSPS) is 10.8. The lowest BCUT2D eigenvalue weighted by molar-refractivity contribution is 0.103. The minimum Gasteiger partial charge on any atom is -0.496 e. The quantitative estimate of drug-likeness (QED) is 0.339. The summed E-state index contributed by atoms with van der Waals surface area (Å²) in [5.41, 5.74) is 1.93. The van der Waals surface area contributed by atoms with Gasteiger partial charge < -0.3 is 18.9 Å². The van der Waals surface area contributed by atoms with E-state index in [2.05, 4.69) is 4.98 Å². The van der Waals surface area contributed by atoms with E-state index >= 15 is 0 Å². The molecule has 0 N–H and O–H groups in total. The molecular formula is C26H21F2NO5. The van der Waals surface area contributed by atoms with Gasteiger partial charge in [0.05, 0.1) is 34.0 Å². The van der Waals surface area contributed by atoms with Crippen LogP contribution in [0, 0.1) is 11.6 Å². The van der Waals surface area contributed by atoms with Crippen molar-refractivity contribution in [3.8, 4) is 34.1 Å². The third kappa shape index (κ3) is 3.98. The maximum absolute atomic E-state index is 13.9. The van der Waals surface area contributed by atoms with Gasteiger partial charge >= 0.3 is 0 Å². The lowest BCUT2D eigenvalue weighted by Crippen LogP contribution is -2.06. The van der Waals surface area contributed by atoms with Crippen LogP contribution in [0.2, 0.25) is 0 Å². The first-order valence-corrected chi connectivity index (χ1v) is 10.2. The molecule has 4 aromatic rings. The molecular weight excluding hydrogens is 444 g/mol. The van der Waals surface area contributed by atoms with E-state index in [0.717, 1.165) is 12.1 Å². The molecule has 0 saturated carbocycles. The van der Waals surface area contributed by atoms with Crippen molar-refractivity contribution in [1.29, 1.82) is 0 Å². The maximum atomic E-state index is 13.9. The largest absolute Gasteiger partial charge is 0.496 e. The number of rotatable bonds is 7. The van der Waals surface area contributed by atoms with Crippen molar-refractivity contribution in [2.75, 3.05) is 28.4 Å². The first-order chi connectivity index (χ1) is 16.4. The highest BCUT2D eigenvalue weighted by atomic mass is 19.2. The molecule has 8 heteroatoms. The smallest absolute Gasteiger partial charge is 0.211 e. The van der Waals surface area contributed by atoms with E-state index in [1.165, 1.54) is 34.5 Å². The van der Waals surface area contributed by atoms with Crippen LogP contribution in [0.5, 0.6) is 23.0 Å². The first-order valence-electron chi connectivity index (χ1n) is 10.2. The Hall–Kier alpha value is -4.20. The van der Waals surface area contributed by atoms with Crippen molar-refractivity contribution in [3.63, 3.8) is 0 Å². The summed E-state index contributed by atoms with van der Waals surface area (Å²) < 4.78 is 48.8. The fourth-order valence-corrected chi connectivity index (χ4v) is 3.79. The SMILES string of the molecule is COc1cc(C(=O)c2ccc3c(-c4ccc(F)c(F)c4)c(OC)ccc3n2)cc(OC)c1OC. The second-order valence-corrected chi connectivity index (χ2v) is 7.28. The van der Waals surface area contributed by atoms with E-state index in [-0.39, 0.29) is 11.5 Å². The number of pyridine rings is 1. The molecule has 174 valence electrons. The van der Waals surface area contributed by atoms with Gasteiger partial charge in [0.25, 0.3) is 0 Å². The standard InChI is InChI=1S/C26H21F2NO5/c1-31-21-10-9-19-16(24(21)14-5-7-17(27)18(28)11-14)6-8-20(29-19)25(30)15-12-22(32-2)26(34-4)23(13-15)33-3/h5-13H,1-4H3. The molecule has 0 spiro atoms. The Labute approximate surface area is 194 Å². The average Bonchev–Trinajstić information content (AvgIpc) is 2.87. The lowest BCUT2D eigenvalue weighted by Gasteiger charge is -2.14. The highest BCUT2D eigenvalue weighted by Crippen LogP contribution is 2.40. The molecule has 0 amide bonds. The van der Waals surface area contributed by atoms with Crippen LogP contribution in [0.3, 0.4) is 0 Å². The molecule has 0 bridgehead atoms. The Morgan fingerprint density at radius 2 is 1.41 bits per heavy atom. The van der Waals surface area contributed by atoms with Crippen LogP contribution >= 0.6 is 0 Å². The fraction of sp³-hybridized carbons (Fsp3) is 0.154. The molecule has 0 radical (unpaired) electrons. The molecule has 1 aromatic heterocycles. The number of aromatic nitrogens is 1. The zero-order chi connectivity index (χ0) is 24.4. The Morgan fingerprint density at radius 1 is 0.735 bits per heavy atom. The van der Waals surface area contributed by atoms with E-state index < -0.39 is 11.6 Å². The molecule has 6 nitrogen and oxygen atoms in total. The molecule has 1 heterocycles.